The van der Waals surface area contributed by atoms with Crippen LogP contribution in [-0.4, -0.2) is 21.4 Å². The molecule has 2 rings (SSSR count). The smallest absolute Gasteiger partial charge is 0.269 e. The number of anilines is 1. The first-order valence-electron chi connectivity index (χ1n) is 6.28. The zero-order chi connectivity index (χ0) is 15.2. The predicted octanol–water partition coefficient (Wildman–Crippen LogP) is 4.12. The minimum absolute atomic E-state index is 0.0754. The number of nitrogens with zero attached hydrogens (tertiary/aromatic N) is 3. The van der Waals surface area contributed by atoms with Gasteiger partial charge in [0.05, 0.1) is 9.40 Å². The molecule has 0 saturated carbocycles. The van der Waals surface area contributed by atoms with Crippen molar-refractivity contribution in [1.29, 1.82) is 0 Å². The monoisotopic (exact) mass is 368 g/mol. The molecule has 1 N–H and O–H groups in total. The molecule has 8 heteroatoms. The molecule has 0 aliphatic carbocycles. The fourth-order valence-corrected chi connectivity index (χ4v) is 2.91. The van der Waals surface area contributed by atoms with Crippen LogP contribution in [0.15, 0.2) is 45.0 Å². The lowest BCUT2D eigenvalue weighted by molar-refractivity contribution is -0.384. The normalized spacial score (nSPS) is 10.4. The van der Waals surface area contributed by atoms with Crippen molar-refractivity contribution in [1.82, 2.24) is 9.97 Å². The van der Waals surface area contributed by atoms with Crippen molar-refractivity contribution in [2.75, 3.05) is 11.9 Å². The number of non-ortho nitro benzene ring substituents is 1. The molecule has 0 radical (unpaired) electrons. The van der Waals surface area contributed by atoms with Gasteiger partial charge in [0.1, 0.15) is 17.2 Å². The molecule has 0 fully saturated rings. The topological polar surface area (TPSA) is 81.0 Å². The van der Waals surface area contributed by atoms with Crippen molar-refractivity contribution in [3.8, 4) is 0 Å². The first kappa shape index (κ1) is 15.7. The molecule has 2 aromatic rings. The van der Waals surface area contributed by atoms with Crippen molar-refractivity contribution in [3.63, 3.8) is 0 Å². The van der Waals surface area contributed by atoms with Gasteiger partial charge in [0, 0.05) is 23.6 Å². The minimum atomic E-state index is -0.415. The van der Waals surface area contributed by atoms with Crippen molar-refractivity contribution in [2.24, 2.45) is 0 Å². The molecule has 0 unspecified atom stereocenters. The van der Waals surface area contributed by atoms with Gasteiger partial charge < -0.3 is 5.32 Å². The van der Waals surface area contributed by atoms with Crippen LogP contribution >= 0.6 is 27.7 Å². The van der Waals surface area contributed by atoms with E-state index in [-0.39, 0.29) is 5.69 Å². The number of nitrogens with one attached hydrogen (secondary N) is 1. The molecular formula is C13H13BrN4O2S. The quantitative estimate of drug-likeness (QED) is 0.469. The Morgan fingerprint density at radius 1 is 1.33 bits per heavy atom. The lowest BCUT2D eigenvalue weighted by atomic mass is 10.3. The molecule has 0 amide bonds. The van der Waals surface area contributed by atoms with E-state index in [1.165, 1.54) is 30.2 Å². The summed E-state index contributed by atoms with van der Waals surface area (Å²) in [6.07, 6.45) is 2.50. The van der Waals surface area contributed by atoms with E-state index in [1.54, 1.807) is 12.1 Å². The Balaban J connectivity index is 2.17. The molecule has 6 nitrogen and oxygen atoms in total. The molecule has 1 aromatic heterocycles. The highest BCUT2D eigenvalue weighted by Crippen LogP contribution is 2.35. The Hall–Kier alpha value is -1.67. The zero-order valence-corrected chi connectivity index (χ0v) is 13.6. The summed E-state index contributed by atoms with van der Waals surface area (Å²) < 4.78 is 0.793. The third-order valence-corrected chi connectivity index (χ3v) is 4.59. The Bertz CT molecular complexity index is 637. The fourth-order valence-electron chi connectivity index (χ4n) is 1.54. The van der Waals surface area contributed by atoms with Gasteiger partial charge >= 0.3 is 0 Å². The number of halogens is 1. The number of aromatic nitrogens is 2. The third kappa shape index (κ3) is 4.15. The molecule has 1 heterocycles. The van der Waals surface area contributed by atoms with E-state index < -0.39 is 4.92 Å². The number of rotatable bonds is 6. The minimum Gasteiger partial charge on any atom is -0.369 e. The second-order valence-corrected chi connectivity index (χ2v) is 5.98. The van der Waals surface area contributed by atoms with Crippen LogP contribution in [0.4, 0.5) is 11.5 Å². The van der Waals surface area contributed by atoms with Crippen molar-refractivity contribution in [2.45, 2.75) is 23.3 Å². The molecule has 0 spiro atoms. The van der Waals surface area contributed by atoms with E-state index in [1.807, 2.05) is 0 Å². The number of nitro benzene ring substituents is 1. The zero-order valence-electron chi connectivity index (χ0n) is 11.2. The van der Waals surface area contributed by atoms with Gasteiger partial charge in [-0.1, -0.05) is 18.7 Å². The predicted molar refractivity (Wildman–Crippen MR) is 85.7 cm³/mol. The van der Waals surface area contributed by atoms with Crippen LogP contribution in [0.1, 0.15) is 13.3 Å². The fraction of sp³-hybridized carbons (Fsp3) is 0.231. The summed E-state index contributed by atoms with van der Waals surface area (Å²) in [5.41, 5.74) is 0.0754. The average Bonchev–Trinajstić information content (AvgIpc) is 2.49. The second kappa shape index (κ2) is 7.37. The molecule has 1 aromatic carbocycles. The van der Waals surface area contributed by atoms with Crippen LogP contribution in [0.2, 0.25) is 0 Å². The van der Waals surface area contributed by atoms with Crippen molar-refractivity contribution < 1.29 is 4.92 Å². The van der Waals surface area contributed by atoms with Crippen LogP contribution in [0, 0.1) is 10.1 Å². The highest BCUT2D eigenvalue weighted by atomic mass is 79.9. The van der Waals surface area contributed by atoms with Gasteiger partial charge in [-0.3, -0.25) is 10.1 Å². The highest BCUT2D eigenvalue weighted by molar-refractivity contribution is 9.10. The summed E-state index contributed by atoms with van der Waals surface area (Å²) in [7, 11) is 0. The van der Waals surface area contributed by atoms with Crippen LogP contribution in [-0.2, 0) is 0 Å². The molecule has 21 heavy (non-hydrogen) atoms. The van der Waals surface area contributed by atoms with E-state index in [0.29, 0.717) is 0 Å². The van der Waals surface area contributed by atoms with Crippen LogP contribution in [0.5, 0.6) is 0 Å². The van der Waals surface area contributed by atoms with E-state index >= 15 is 0 Å². The van der Waals surface area contributed by atoms with Gasteiger partial charge in [0.2, 0.25) is 0 Å². The van der Waals surface area contributed by atoms with Gasteiger partial charge in [0.15, 0.2) is 0 Å². The molecule has 0 aliphatic heterocycles. The lowest BCUT2D eigenvalue weighted by Gasteiger charge is -2.09. The largest absolute Gasteiger partial charge is 0.369 e. The summed E-state index contributed by atoms with van der Waals surface area (Å²) in [5, 5.41) is 14.6. The van der Waals surface area contributed by atoms with E-state index in [9.17, 15) is 10.1 Å². The number of hydrogen-bond donors (Lipinski definition) is 1. The lowest BCUT2D eigenvalue weighted by Crippen LogP contribution is -2.03. The Kier molecular flexibility index (Phi) is 5.51. The molecular weight excluding hydrogens is 356 g/mol. The summed E-state index contributed by atoms with van der Waals surface area (Å²) >= 11 is 4.91. The standard InChI is InChI=1S/C13H13BrN4O2S/c1-2-7-15-12-11(14)13(17-8-16-12)21-10-5-3-9(4-6-10)18(19)20/h3-6,8H,2,7H2,1H3,(H,15,16,17). The third-order valence-electron chi connectivity index (χ3n) is 2.56. The van der Waals surface area contributed by atoms with Gasteiger partial charge in [-0.2, -0.15) is 0 Å². The number of hydrogen-bond acceptors (Lipinski definition) is 6. The van der Waals surface area contributed by atoms with Gasteiger partial charge in [-0.05, 0) is 34.5 Å². The summed E-state index contributed by atoms with van der Waals surface area (Å²) in [6, 6.07) is 6.37. The number of nitro groups is 1. The van der Waals surface area contributed by atoms with Gasteiger partial charge in [-0.25, -0.2) is 9.97 Å². The maximum atomic E-state index is 10.6. The molecule has 0 bridgehead atoms. The van der Waals surface area contributed by atoms with Gasteiger partial charge in [0.25, 0.3) is 5.69 Å². The average molecular weight is 369 g/mol. The SMILES string of the molecule is CCCNc1ncnc(Sc2ccc([N+](=O)[O-])cc2)c1Br. The Morgan fingerprint density at radius 3 is 2.67 bits per heavy atom. The van der Waals surface area contributed by atoms with E-state index in [4.69, 9.17) is 0 Å². The van der Waals surface area contributed by atoms with Crippen molar-refractivity contribution in [3.05, 3.63) is 45.2 Å². The highest BCUT2D eigenvalue weighted by Gasteiger charge is 2.11. The van der Waals surface area contributed by atoms with Crippen LogP contribution < -0.4 is 5.32 Å². The second-order valence-electron chi connectivity index (χ2n) is 4.12. The van der Waals surface area contributed by atoms with Gasteiger partial charge in [-0.15, -0.1) is 0 Å². The summed E-state index contributed by atoms with van der Waals surface area (Å²) in [6.45, 7) is 2.91. The maximum Gasteiger partial charge on any atom is 0.269 e. The van der Waals surface area contributed by atoms with Crippen LogP contribution in [0.25, 0.3) is 0 Å². The Morgan fingerprint density at radius 2 is 2.05 bits per heavy atom. The molecule has 0 saturated heterocycles. The molecule has 0 aliphatic rings. The molecule has 0 atom stereocenters. The first-order valence-corrected chi connectivity index (χ1v) is 7.89. The van der Waals surface area contributed by atoms with E-state index in [2.05, 4.69) is 38.1 Å². The number of benzene rings is 1. The summed E-state index contributed by atoms with van der Waals surface area (Å²) in [5.74, 6) is 0.747. The molecule has 110 valence electrons. The maximum absolute atomic E-state index is 10.6. The summed E-state index contributed by atoms with van der Waals surface area (Å²) in [4.78, 5) is 19.5. The Labute approximate surface area is 134 Å². The first-order chi connectivity index (χ1) is 10.1. The van der Waals surface area contributed by atoms with E-state index in [0.717, 1.165) is 33.2 Å². The van der Waals surface area contributed by atoms with Crippen molar-refractivity contribution >= 4 is 39.2 Å². The van der Waals surface area contributed by atoms with Crippen LogP contribution in [0.3, 0.4) is 0 Å².